The SMILES string of the molecule is CCCCOc1ccc(C2=NC(C)(C)N=C2SCC(=O)Nc2ccccc2CC)cc1. The van der Waals surface area contributed by atoms with E-state index in [2.05, 4.69) is 19.2 Å². The van der Waals surface area contributed by atoms with E-state index < -0.39 is 5.66 Å². The fraction of sp³-hybridized carbons (Fsp3) is 0.400. The van der Waals surface area contributed by atoms with Crippen molar-refractivity contribution in [1.29, 1.82) is 0 Å². The number of ether oxygens (including phenoxy) is 1. The molecule has 2 aromatic rings. The molecule has 0 atom stereocenters. The largest absolute Gasteiger partial charge is 0.494 e. The van der Waals surface area contributed by atoms with E-state index in [0.29, 0.717) is 0 Å². The number of thioether (sulfide) groups is 1. The summed E-state index contributed by atoms with van der Waals surface area (Å²) in [4.78, 5) is 22.1. The van der Waals surface area contributed by atoms with Crippen LogP contribution in [-0.2, 0) is 11.2 Å². The van der Waals surface area contributed by atoms with Gasteiger partial charge in [-0.1, -0.05) is 50.2 Å². The lowest BCUT2D eigenvalue weighted by molar-refractivity contribution is -0.113. The third-order valence-corrected chi connectivity index (χ3v) is 5.83. The zero-order valence-electron chi connectivity index (χ0n) is 18.8. The average Bonchev–Trinajstić information content (AvgIpc) is 3.08. The molecule has 0 bridgehead atoms. The number of rotatable bonds is 9. The smallest absolute Gasteiger partial charge is 0.234 e. The topological polar surface area (TPSA) is 63.1 Å². The first-order valence-electron chi connectivity index (χ1n) is 10.9. The molecule has 0 aliphatic carbocycles. The lowest BCUT2D eigenvalue weighted by atomic mass is 10.1. The van der Waals surface area contributed by atoms with Gasteiger partial charge in [0.15, 0.2) is 0 Å². The van der Waals surface area contributed by atoms with E-state index in [1.54, 1.807) is 0 Å². The van der Waals surface area contributed by atoms with Gasteiger partial charge in [-0.3, -0.25) is 9.79 Å². The highest BCUT2D eigenvalue weighted by molar-refractivity contribution is 8.16. The van der Waals surface area contributed by atoms with Gasteiger partial charge in [0.05, 0.1) is 18.1 Å². The first-order valence-corrected chi connectivity index (χ1v) is 11.8. The van der Waals surface area contributed by atoms with Crippen LogP contribution in [0, 0.1) is 0 Å². The molecule has 3 rings (SSSR count). The summed E-state index contributed by atoms with van der Waals surface area (Å²) in [5.41, 5.74) is 3.29. The van der Waals surface area contributed by atoms with Crippen LogP contribution in [0.2, 0.25) is 0 Å². The molecule has 2 aromatic carbocycles. The Balaban J connectivity index is 1.65. The lowest BCUT2D eigenvalue weighted by Gasteiger charge is -2.10. The number of carbonyl (C=O) groups excluding carboxylic acids is 1. The number of hydrogen-bond acceptors (Lipinski definition) is 5. The molecular weight excluding hydrogens is 406 g/mol. The van der Waals surface area contributed by atoms with Gasteiger partial charge in [-0.15, -0.1) is 0 Å². The fourth-order valence-corrected chi connectivity index (χ4v) is 4.18. The Bertz CT molecular complexity index is 965. The average molecular weight is 438 g/mol. The summed E-state index contributed by atoms with van der Waals surface area (Å²) in [5.74, 6) is 1.09. The molecule has 6 heteroatoms. The monoisotopic (exact) mass is 437 g/mol. The molecule has 1 N–H and O–H groups in total. The maximum absolute atomic E-state index is 12.6. The van der Waals surface area contributed by atoms with E-state index in [-0.39, 0.29) is 11.7 Å². The maximum Gasteiger partial charge on any atom is 0.234 e. The Hall–Kier alpha value is -2.60. The van der Waals surface area contributed by atoms with Crippen molar-refractivity contribution in [2.75, 3.05) is 17.7 Å². The minimum atomic E-state index is -0.529. The fourth-order valence-electron chi connectivity index (χ4n) is 3.25. The molecule has 0 spiro atoms. The summed E-state index contributed by atoms with van der Waals surface area (Å²) in [6.45, 7) is 8.90. The molecule has 1 heterocycles. The molecule has 0 radical (unpaired) electrons. The van der Waals surface area contributed by atoms with Crippen LogP contribution < -0.4 is 10.1 Å². The summed E-state index contributed by atoms with van der Waals surface area (Å²) >= 11 is 1.43. The standard InChI is InChI=1S/C25H31N3O2S/c1-5-7-16-30-20-14-12-19(13-15-20)23-24(28-25(3,4)27-23)31-17-22(29)26-21-11-9-8-10-18(21)6-2/h8-15H,5-7,16-17H2,1-4H3,(H,26,29). The van der Waals surface area contributed by atoms with Crippen LogP contribution >= 0.6 is 11.8 Å². The third-order valence-electron chi connectivity index (χ3n) is 4.87. The summed E-state index contributed by atoms with van der Waals surface area (Å²) in [5, 5.41) is 3.82. The van der Waals surface area contributed by atoms with Crippen molar-refractivity contribution in [3.05, 3.63) is 59.7 Å². The minimum Gasteiger partial charge on any atom is -0.494 e. The molecule has 1 aliphatic rings. The molecule has 31 heavy (non-hydrogen) atoms. The summed E-state index contributed by atoms with van der Waals surface area (Å²) in [6, 6.07) is 15.9. The number of para-hydroxylation sites is 1. The number of hydrogen-bond donors (Lipinski definition) is 1. The van der Waals surface area contributed by atoms with E-state index in [1.807, 2.05) is 62.4 Å². The highest BCUT2D eigenvalue weighted by atomic mass is 32.2. The Morgan fingerprint density at radius 2 is 1.81 bits per heavy atom. The number of carbonyl (C=O) groups is 1. The Labute approximate surface area is 189 Å². The second kappa shape index (κ2) is 10.6. The Morgan fingerprint density at radius 1 is 1.06 bits per heavy atom. The van der Waals surface area contributed by atoms with Crippen LogP contribution in [0.3, 0.4) is 0 Å². The first kappa shape index (κ1) is 23.1. The molecule has 0 saturated carbocycles. The van der Waals surface area contributed by atoms with Crippen LogP contribution in [0.4, 0.5) is 5.69 Å². The quantitative estimate of drug-likeness (QED) is 0.509. The van der Waals surface area contributed by atoms with Crippen molar-refractivity contribution < 1.29 is 9.53 Å². The Kier molecular flexibility index (Phi) is 7.91. The maximum atomic E-state index is 12.6. The van der Waals surface area contributed by atoms with Crippen molar-refractivity contribution in [1.82, 2.24) is 0 Å². The number of nitrogens with zero attached hydrogens (tertiary/aromatic N) is 2. The van der Waals surface area contributed by atoms with E-state index in [0.717, 1.165) is 59.2 Å². The highest BCUT2D eigenvalue weighted by Gasteiger charge is 2.28. The highest BCUT2D eigenvalue weighted by Crippen LogP contribution is 2.28. The third kappa shape index (κ3) is 6.44. The van der Waals surface area contributed by atoms with Crippen molar-refractivity contribution >= 4 is 34.1 Å². The molecular formula is C25H31N3O2S. The number of aryl methyl sites for hydroxylation is 1. The molecule has 5 nitrogen and oxygen atoms in total. The lowest BCUT2D eigenvalue weighted by Crippen LogP contribution is -2.18. The predicted octanol–water partition coefficient (Wildman–Crippen LogP) is 5.74. The zero-order valence-corrected chi connectivity index (χ0v) is 19.6. The van der Waals surface area contributed by atoms with Crippen LogP contribution in [-0.4, -0.2) is 34.7 Å². The molecule has 1 aliphatic heterocycles. The molecule has 0 aromatic heterocycles. The van der Waals surface area contributed by atoms with Gasteiger partial charge in [0.2, 0.25) is 5.91 Å². The van der Waals surface area contributed by atoms with Crippen LogP contribution in [0.15, 0.2) is 58.5 Å². The van der Waals surface area contributed by atoms with Crippen LogP contribution in [0.25, 0.3) is 0 Å². The van der Waals surface area contributed by atoms with Crippen molar-refractivity contribution in [3.8, 4) is 5.75 Å². The first-order chi connectivity index (χ1) is 14.9. The number of aliphatic imine (C=N–C) groups is 2. The second-order valence-electron chi connectivity index (χ2n) is 7.95. The van der Waals surface area contributed by atoms with E-state index >= 15 is 0 Å². The van der Waals surface area contributed by atoms with Crippen LogP contribution in [0.5, 0.6) is 5.75 Å². The predicted molar refractivity (Wildman–Crippen MR) is 132 cm³/mol. The molecule has 0 fully saturated rings. The molecule has 0 unspecified atom stereocenters. The van der Waals surface area contributed by atoms with Crippen molar-refractivity contribution in [2.24, 2.45) is 9.98 Å². The number of nitrogens with one attached hydrogen (secondary N) is 1. The van der Waals surface area contributed by atoms with Crippen molar-refractivity contribution in [3.63, 3.8) is 0 Å². The second-order valence-corrected chi connectivity index (χ2v) is 8.91. The van der Waals surface area contributed by atoms with E-state index in [9.17, 15) is 4.79 Å². The molecule has 0 saturated heterocycles. The number of unbranched alkanes of at least 4 members (excludes halogenated alkanes) is 1. The molecule has 164 valence electrons. The van der Waals surface area contributed by atoms with Crippen molar-refractivity contribution in [2.45, 2.75) is 52.6 Å². The van der Waals surface area contributed by atoms with Gasteiger partial charge in [0.1, 0.15) is 16.5 Å². The normalized spacial score (nSPS) is 14.7. The van der Waals surface area contributed by atoms with Crippen LogP contribution in [0.1, 0.15) is 51.7 Å². The summed E-state index contributed by atoms with van der Waals surface area (Å²) in [7, 11) is 0. The van der Waals surface area contributed by atoms with Gasteiger partial charge in [-0.2, -0.15) is 0 Å². The number of anilines is 1. The van der Waals surface area contributed by atoms with Gasteiger partial charge in [-0.25, -0.2) is 4.99 Å². The summed E-state index contributed by atoms with van der Waals surface area (Å²) in [6.07, 6.45) is 3.03. The van der Waals surface area contributed by atoms with Gasteiger partial charge in [0.25, 0.3) is 0 Å². The molecule has 1 amide bonds. The minimum absolute atomic E-state index is 0.0441. The van der Waals surface area contributed by atoms with E-state index in [4.69, 9.17) is 14.7 Å². The number of benzene rings is 2. The van der Waals surface area contributed by atoms with Gasteiger partial charge in [0, 0.05) is 11.3 Å². The van der Waals surface area contributed by atoms with Gasteiger partial charge in [-0.05, 0) is 62.6 Å². The van der Waals surface area contributed by atoms with Gasteiger partial charge < -0.3 is 10.1 Å². The van der Waals surface area contributed by atoms with E-state index in [1.165, 1.54) is 11.8 Å². The zero-order chi connectivity index (χ0) is 22.3. The Morgan fingerprint density at radius 3 is 2.52 bits per heavy atom. The summed E-state index contributed by atoms with van der Waals surface area (Å²) < 4.78 is 5.76. The van der Waals surface area contributed by atoms with Gasteiger partial charge >= 0.3 is 0 Å². The number of amides is 1.